The molecule has 0 spiro atoms. The zero-order valence-electron chi connectivity index (χ0n) is 22.9. The van der Waals surface area contributed by atoms with Crippen LogP contribution in [-0.2, 0) is 24.2 Å². The number of aromatic nitrogens is 7. The van der Waals surface area contributed by atoms with Crippen LogP contribution in [0.2, 0.25) is 0 Å². The standard InChI is InChI=1S/C30H30N8O4/c1-2-8-21-16-26(29(40)32-25(27(39)30(41)42)15-19-9-4-3-5-10-19)35-38(21)18-20-13-14-24(31-17-20)22-11-6-7-12-23(22)28-33-36-37-34-28/h3-7,9-14,16-17,25,27,39H,2,8,15,18H2,1H3,(H,32,40)(H,41,42)(H,33,34,36,37)/t25-,27+/m1/s1. The highest BCUT2D eigenvalue weighted by atomic mass is 16.4. The van der Waals surface area contributed by atoms with E-state index in [1.165, 1.54) is 0 Å². The van der Waals surface area contributed by atoms with Gasteiger partial charge < -0.3 is 15.5 Å². The molecule has 0 aliphatic heterocycles. The van der Waals surface area contributed by atoms with Crippen molar-refractivity contribution in [2.75, 3.05) is 0 Å². The van der Waals surface area contributed by atoms with Crippen LogP contribution in [0.1, 0.15) is 40.7 Å². The van der Waals surface area contributed by atoms with Gasteiger partial charge in [0.1, 0.15) is 5.69 Å². The van der Waals surface area contributed by atoms with E-state index in [1.54, 1.807) is 16.9 Å². The number of aryl methyl sites for hydroxylation is 1. The van der Waals surface area contributed by atoms with Gasteiger partial charge in [0.15, 0.2) is 6.10 Å². The summed E-state index contributed by atoms with van der Waals surface area (Å²) in [5, 5.41) is 41.2. The fourth-order valence-electron chi connectivity index (χ4n) is 4.71. The second-order valence-electron chi connectivity index (χ2n) is 9.81. The van der Waals surface area contributed by atoms with Crippen molar-refractivity contribution in [3.8, 4) is 22.6 Å². The van der Waals surface area contributed by atoms with E-state index < -0.39 is 24.0 Å². The Morgan fingerprint density at radius 1 is 1.00 bits per heavy atom. The van der Waals surface area contributed by atoms with Crippen LogP contribution < -0.4 is 5.32 Å². The molecule has 12 nitrogen and oxygen atoms in total. The van der Waals surface area contributed by atoms with Gasteiger partial charge in [-0.25, -0.2) is 4.79 Å². The molecule has 3 heterocycles. The van der Waals surface area contributed by atoms with E-state index in [9.17, 15) is 19.8 Å². The Bertz CT molecular complexity index is 1640. The Kier molecular flexibility index (Phi) is 8.73. The summed E-state index contributed by atoms with van der Waals surface area (Å²) in [7, 11) is 0. The molecule has 42 heavy (non-hydrogen) atoms. The second kappa shape index (κ2) is 13.0. The van der Waals surface area contributed by atoms with Crippen LogP contribution in [0.25, 0.3) is 22.6 Å². The maximum atomic E-state index is 13.2. The summed E-state index contributed by atoms with van der Waals surface area (Å²) >= 11 is 0. The number of benzene rings is 2. The summed E-state index contributed by atoms with van der Waals surface area (Å²) in [4.78, 5) is 29.4. The molecule has 4 N–H and O–H groups in total. The molecule has 0 radical (unpaired) electrons. The van der Waals surface area contributed by atoms with Crippen LogP contribution in [0.5, 0.6) is 0 Å². The Morgan fingerprint density at radius 2 is 1.76 bits per heavy atom. The molecule has 2 atom stereocenters. The highest BCUT2D eigenvalue weighted by Crippen LogP contribution is 2.28. The number of H-pyrrole nitrogens is 1. The minimum absolute atomic E-state index is 0.146. The third-order valence-corrected chi connectivity index (χ3v) is 6.80. The van der Waals surface area contributed by atoms with E-state index in [-0.39, 0.29) is 12.1 Å². The Balaban J connectivity index is 1.34. The number of aliphatic hydroxyl groups excluding tert-OH is 1. The topological polar surface area (TPSA) is 172 Å². The average Bonchev–Trinajstić information content (AvgIpc) is 3.68. The lowest BCUT2D eigenvalue weighted by Crippen LogP contribution is -2.48. The minimum atomic E-state index is -1.78. The van der Waals surface area contributed by atoms with Crippen LogP contribution in [0.4, 0.5) is 0 Å². The maximum absolute atomic E-state index is 13.2. The van der Waals surface area contributed by atoms with Crippen molar-refractivity contribution >= 4 is 11.9 Å². The average molecular weight is 567 g/mol. The molecular formula is C30H30N8O4. The quantitative estimate of drug-likeness (QED) is 0.177. The molecule has 2 aromatic carbocycles. The van der Waals surface area contributed by atoms with Gasteiger partial charge in [-0.1, -0.05) is 74.0 Å². The lowest BCUT2D eigenvalue weighted by Gasteiger charge is -2.21. The first-order valence-electron chi connectivity index (χ1n) is 13.5. The van der Waals surface area contributed by atoms with Gasteiger partial charge >= 0.3 is 5.97 Å². The largest absolute Gasteiger partial charge is 0.479 e. The summed E-state index contributed by atoms with van der Waals surface area (Å²) in [6.07, 6.45) is 1.66. The van der Waals surface area contributed by atoms with Gasteiger partial charge in [-0.3, -0.25) is 14.5 Å². The monoisotopic (exact) mass is 566 g/mol. The number of carboxylic acids is 1. The Hall–Kier alpha value is -5.23. The molecule has 214 valence electrons. The Labute approximate surface area is 241 Å². The number of aromatic amines is 1. The molecule has 0 fully saturated rings. The van der Waals surface area contributed by atoms with Crippen LogP contribution in [0, 0.1) is 0 Å². The van der Waals surface area contributed by atoms with Crippen LogP contribution in [0.15, 0.2) is 79.0 Å². The molecule has 0 unspecified atom stereocenters. The zero-order chi connectivity index (χ0) is 29.5. The van der Waals surface area contributed by atoms with Gasteiger partial charge in [-0.2, -0.15) is 10.3 Å². The highest BCUT2D eigenvalue weighted by Gasteiger charge is 2.29. The number of amides is 1. The third kappa shape index (κ3) is 6.56. The van der Waals surface area contributed by atoms with Gasteiger partial charge in [0.05, 0.1) is 18.3 Å². The van der Waals surface area contributed by atoms with Crippen molar-refractivity contribution in [1.82, 2.24) is 40.7 Å². The van der Waals surface area contributed by atoms with E-state index in [1.807, 2.05) is 73.7 Å². The van der Waals surface area contributed by atoms with Crippen molar-refractivity contribution in [2.45, 2.75) is 44.9 Å². The third-order valence-electron chi connectivity index (χ3n) is 6.80. The summed E-state index contributed by atoms with van der Waals surface area (Å²) in [5.74, 6) is -1.49. The number of carbonyl (C=O) groups excluding carboxylic acids is 1. The minimum Gasteiger partial charge on any atom is -0.479 e. The number of carboxylic acid groups (broad SMARTS) is 1. The first-order valence-corrected chi connectivity index (χ1v) is 13.5. The van der Waals surface area contributed by atoms with Crippen molar-refractivity contribution in [3.63, 3.8) is 0 Å². The number of hydrogen-bond donors (Lipinski definition) is 4. The zero-order valence-corrected chi connectivity index (χ0v) is 22.9. The molecule has 0 aliphatic carbocycles. The van der Waals surface area contributed by atoms with E-state index in [4.69, 9.17) is 0 Å². The molecule has 0 saturated carbocycles. The van der Waals surface area contributed by atoms with Crippen LogP contribution in [0.3, 0.4) is 0 Å². The number of nitrogens with one attached hydrogen (secondary N) is 2. The number of hydrogen-bond acceptors (Lipinski definition) is 8. The number of tetrazole rings is 1. The first kappa shape index (κ1) is 28.3. The van der Waals surface area contributed by atoms with E-state index in [2.05, 4.69) is 36.0 Å². The number of carbonyl (C=O) groups is 2. The molecule has 3 aromatic heterocycles. The van der Waals surface area contributed by atoms with E-state index >= 15 is 0 Å². The lowest BCUT2D eigenvalue weighted by molar-refractivity contribution is -0.148. The van der Waals surface area contributed by atoms with Gasteiger partial charge in [0.25, 0.3) is 5.91 Å². The van der Waals surface area contributed by atoms with E-state index in [0.717, 1.165) is 40.1 Å². The predicted octanol–water partition coefficient (Wildman–Crippen LogP) is 2.91. The summed E-state index contributed by atoms with van der Waals surface area (Å²) in [6, 6.07) is 21.3. The van der Waals surface area contributed by atoms with Gasteiger partial charge in [0, 0.05) is 23.0 Å². The van der Waals surface area contributed by atoms with Gasteiger partial charge in [-0.05, 0) is 41.3 Å². The van der Waals surface area contributed by atoms with Crippen molar-refractivity contribution in [3.05, 3.63) is 102 Å². The number of pyridine rings is 1. The summed E-state index contributed by atoms with van der Waals surface area (Å²) in [5.41, 5.74) is 5.08. The predicted molar refractivity (Wildman–Crippen MR) is 153 cm³/mol. The summed E-state index contributed by atoms with van der Waals surface area (Å²) < 4.78 is 1.75. The smallest absolute Gasteiger partial charge is 0.334 e. The van der Waals surface area contributed by atoms with Gasteiger partial charge in [0.2, 0.25) is 5.82 Å². The molecule has 5 rings (SSSR count). The van der Waals surface area contributed by atoms with E-state index in [0.29, 0.717) is 18.8 Å². The molecule has 12 heteroatoms. The number of aliphatic hydroxyl groups is 1. The van der Waals surface area contributed by atoms with Crippen molar-refractivity contribution in [1.29, 1.82) is 0 Å². The molecular weight excluding hydrogens is 536 g/mol. The highest BCUT2D eigenvalue weighted by molar-refractivity contribution is 5.93. The van der Waals surface area contributed by atoms with Crippen LogP contribution in [-0.4, -0.2) is 69.6 Å². The molecule has 1 amide bonds. The second-order valence-corrected chi connectivity index (χ2v) is 9.81. The van der Waals surface area contributed by atoms with Gasteiger partial charge in [-0.15, -0.1) is 10.2 Å². The number of rotatable bonds is 12. The number of aliphatic carboxylic acids is 1. The SMILES string of the molecule is CCCc1cc(C(=O)N[C@H](Cc2ccccc2)[C@H](O)C(=O)O)nn1Cc1ccc(-c2ccccc2-c2nn[nH]n2)nc1. The van der Waals surface area contributed by atoms with Crippen molar-refractivity contribution in [2.24, 2.45) is 0 Å². The molecule has 0 aliphatic rings. The maximum Gasteiger partial charge on any atom is 0.334 e. The first-order chi connectivity index (χ1) is 20.4. The van der Waals surface area contributed by atoms with Crippen molar-refractivity contribution < 1.29 is 19.8 Å². The molecule has 5 aromatic rings. The lowest BCUT2D eigenvalue weighted by atomic mass is 10.0. The van der Waals surface area contributed by atoms with Crippen LogP contribution >= 0.6 is 0 Å². The molecule has 0 saturated heterocycles. The normalized spacial score (nSPS) is 12.5. The molecule has 0 bridgehead atoms. The fraction of sp³-hybridized carbons (Fsp3) is 0.233. The fourth-order valence-corrected chi connectivity index (χ4v) is 4.71. The number of nitrogens with zero attached hydrogens (tertiary/aromatic N) is 6. The Morgan fingerprint density at radius 3 is 2.43 bits per heavy atom. The summed E-state index contributed by atoms with van der Waals surface area (Å²) in [6.45, 7) is 2.42.